The summed E-state index contributed by atoms with van der Waals surface area (Å²) < 4.78 is 7.16. The molecule has 0 radical (unpaired) electrons. The van der Waals surface area contributed by atoms with Gasteiger partial charge < -0.3 is 0 Å². The molecule has 3 rings (SSSR count). The van der Waals surface area contributed by atoms with E-state index < -0.39 is 25.0 Å². The Bertz CT molecular complexity index is 603. The molecule has 0 unspecified atom stereocenters. The summed E-state index contributed by atoms with van der Waals surface area (Å²) in [5.74, 6) is 0.529. The van der Waals surface area contributed by atoms with Crippen molar-refractivity contribution in [1.29, 1.82) is 0 Å². The van der Waals surface area contributed by atoms with Crippen LogP contribution in [0, 0.1) is 16.7 Å². The molecule has 0 saturated heterocycles. The molecule has 1 saturated carbocycles. The van der Waals surface area contributed by atoms with Gasteiger partial charge in [-0.1, -0.05) is 0 Å². The van der Waals surface area contributed by atoms with Crippen molar-refractivity contribution in [1.82, 2.24) is 0 Å². The van der Waals surface area contributed by atoms with Gasteiger partial charge in [-0.3, -0.25) is 0 Å². The van der Waals surface area contributed by atoms with Crippen molar-refractivity contribution in [2.75, 3.05) is 0 Å². The molecule has 0 heterocycles. The third kappa shape index (κ3) is 2.21. The first-order chi connectivity index (χ1) is 9.88. The quantitative estimate of drug-likeness (QED) is 0.611. The van der Waals surface area contributed by atoms with Gasteiger partial charge in [-0.15, -0.1) is 0 Å². The van der Waals surface area contributed by atoms with Crippen molar-refractivity contribution in [2.24, 2.45) is 16.7 Å². The molecule has 0 aliphatic heterocycles. The van der Waals surface area contributed by atoms with Crippen LogP contribution in [0.4, 0.5) is 0 Å². The first-order valence-electron chi connectivity index (χ1n) is 7.80. The molecule has 0 spiro atoms. The number of carbonyl (C=O) groups excluding carboxylic acids is 1. The van der Waals surface area contributed by atoms with Crippen molar-refractivity contribution in [2.45, 2.75) is 40.5 Å². The summed E-state index contributed by atoms with van der Waals surface area (Å²) in [6, 6.07) is 10.7. The molecule has 0 amide bonds. The fourth-order valence-electron chi connectivity index (χ4n) is 4.55. The molecule has 2 nitrogen and oxygen atoms in total. The zero-order valence-corrected chi connectivity index (χ0v) is 18.9. The molecule has 1 fully saturated rings. The summed E-state index contributed by atoms with van der Waals surface area (Å²) in [5.41, 5.74) is 3.38. The van der Waals surface area contributed by atoms with E-state index in [0.29, 0.717) is 5.92 Å². The minimum atomic E-state index is -1.80. The predicted octanol–water partition coefficient (Wildman–Crippen LogP) is 4.41. The molecule has 108 valence electrons. The monoisotopic (exact) mass is 472 g/mol. The Labute approximate surface area is 140 Å². The van der Waals surface area contributed by atoms with Crippen LogP contribution in [0.5, 0.6) is 0 Å². The Balaban J connectivity index is 2.11. The average Bonchev–Trinajstić information content (AvgIpc) is 2.76. The molecule has 0 aromatic heterocycles. The van der Waals surface area contributed by atoms with Gasteiger partial charge in [0, 0.05) is 0 Å². The van der Waals surface area contributed by atoms with E-state index in [1.807, 2.05) is 0 Å². The van der Waals surface area contributed by atoms with Crippen LogP contribution >= 0.6 is 0 Å². The Hall–Kier alpha value is -0.635. The summed E-state index contributed by atoms with van der Waals surface area (Å²) in [4.78, 5) is 11.3. The van der Waals surface area contributed by atoms with Crippen LogP contribution in [-0.4, -0.2) is 5.97 Å². The summed E-state index contributed by atoms with van der Waals surface area (Å²) in [6.45, 7) is 8.77. The molecule has 2 aliphatic carbocycles. The Morgan fingerprint density at radius 3 is 2.52 bits per heavy atom. The van der Waals surface area contributed by atoms with Crippen LogP contribution in [0.1, 0.15) is 46.1 Å². The van der Waals surface area contributed by atoms with Gasteiger partial charge in [0.1, 0.15) is 0 Å². The Morgan fingerprint density at radius 1 is 1.24 bits per heavy atom. The van der Waals surface area contributed by atoms with Crippen molar-refractivity contribution < 1.29 is 32.5 Å². The zero-order chi connectivity index (χ0) is 15.3. The van der Waals surface area contributed by atoms with E-state index in [9.17, 15) is 4.79 Å². The second kappa shape index (κ2) is 5.22. The van der Waals surface area contributed by atoms with E-state index in [-0.39, 0.29) is 16.8 Å². The van der Waals surface area contributed by atoms with E-state index in [4.69, 9.17) is 2.64 Å². The van der Waals surface area contributed by atoms with Crippen molar-refractivity contribution >= 4 is 11.5 Å². The summed E-state index contributed by atoms with van der Waals surface area (Å²) in [5, 5.41) is 0. The average molecular weight is 471 g/mol. The van der Waals surface area contributed by atoms with Crippen LogP contribution in [0.2, 0.25) is 0 Å². The number of hydrogen-bond donors (Lipinski definition) is 0. The Kier molecular flexibility index (Phi) is 3.80. The van der Waals surface area contributed by atoms with Gasteiger partial charge in [0.25, 0.3) is 0 Å². The number of allylic oxidation sites excluding steroid dienone is 2. The molecule has 1 aromatic carbocycles. The summed E-state index contributed by atoms with van der Waals surface area (Å²) in [7, 11) is 0. The van der Waals surface area contributed by atoms with Gasteiger partial charge in [0.2, 0.25) is 0 Å². The summed E-state index contributed by atoms with van der Waals surface area (Å²) in [6.07, 6.45) is 2.52. The molecule has 2 bridgehead atoms. The number of carbonyl (C=O) groups is 1. The van der Waals surface area contributed by atoms with E-state index in [2.05, 4.69) is 51.1 Å². The SMILES string of the molecule is CC(=O)[O][Hg][C]1=C(c2ccccc2)[C@]2(C)CC[C@H]1C2(C)C. The van der Waals surface area contributed by atoms with Crippen molar-refractivity contribution in [3.8, 4) is 0 Å². The van der Waals surface area contributed by atoms with Gasteiger partial charge in [0.15, 0.2) is 0 Å². The maximum atomic E-state index is 11.3. The normalized spacial score (nSPS) is 29.4. The van der Waals surface area contributed by atoms with Crippen LogP contribution in [-0.2, 0) is 32.5 Å². The topological polar surface area (TPSA) is 26.3 Å². The molecule has 2 atom stereocenters. The number of fused-ring (bicyclic) bond motifs is 2. The third-order valence-electron chi connectivity index (χ3n) is 6.01. The van der Waals surface area contributed by atoms with Gasteiger partial charge in [-0.2, -0.15) is 0 Å². The van der Waals surface area contributed by atoms with Crippen molar-refractivity contribution in [3.05, 3.63) is 39.0 Å². The number of hydrogen-bond acceptors (Lipinski definition) is 2. The van der Waals surface area contributed by atoms with Gasteiger partial charge in [0.05, 0.1) is 0 Å². The standard InChI is InChI=1S/C16H19.C2H4O2.Hg/c1-15(2)13-9-10-16(15,3)14(11-13)12-7-5-4-6-8-12;1-2(3)4;/h4-8,13H,9-10H2,1-3H3;1H3,(H,3,4);/q;;+1/p-1/t13-,16+;;/m1../s1. The van der Waals surface area contributed by atoms with E-state index in [1.165, 1.54) is 24.0 Å². The molecule has 3 heteroatoms. The van der Waals surface area contributed by atoms with Crippen LogP contribution in [0.15, 0.2) is 33.4 Å². The first kappa shape index (κ1) is 15.3. The zero-order valence-electron chi connectivity index (χ0n) is 13.4. The summed E-state index contributed by atoms with van der Waals surface area (Å²) >= 11 is -1.80. The van der Waals surface area contributed by atoms with Crippen LogP contribution in [0.25, 0.3) is 5.57 Å². The third-order valence-corrected chi connectivity index (χ3v) is 12.7. The Morgan fingerprint density at radius 2 is 1.90 bits per heavy atom. The predicted molar refractivity (Wildman–Crippen MR) is 79.7 cm³/mol. The van der Waals surface area contributed by atoms with E-state index in [1.54, 1.807) is 10.0 Å². The molecule has 2 aliphatic rings. The fourth-order valence-corrected chi connectivity index (χ4v) is 12.4. The van der Waals surface area contributed by atoms with Crippen LogP contribution < -0.4 is 0 Å². The molecule has 1 aromatic rings. The van der Waals surface area contributed by atoms with Crippen LogP contribution in [0.3, 0.4) is 0 Å². The van der Waals surface area contributed by atoms with Gasteiger partial charge in [-0.05, 0) is 0 Å². The van der Waals surface area contributed by atoms with Crippen molar-refractivity contribution in [3.63, 3.8) is 0 Å². The number of benzene rings is 1. The molecule has 0 N–H and O–H groups in total. The van der Waals surface area contributed by atoms with E-state index >= 15 is 0 Å². The fraction of sp³-hybridized carbons (Fsp3) is 0.500. The second-order valence-electron chi connectivity index (χ2n) is 7.19. The molecular formula is C18H22HgO2. The maximum absolute atomic E-state index is 11.3. The molecule has 21 heavy (non-hydrogen) atoms. The first-order valence-corrected chi connectivity index (χ1v) is 12.8. The van der Waals surface area contributed by atoms with Gasteiger partial charge in [-0.25, -0.2) is 0 Å². The second-order valence-corrected chi connectivity index (χ2v) is 12.4. The molecular weight excluding hydrogens is 449 g/mol. The van der Waals surface area contributed by atoms with E-state index in [0.717, 1.165) is 0 Å². The van der Waals surface area contributed by atoms with Gasteiger partial charge >= 0.3 is 140 Å². The number of rotatable bonds is 3. The minimum absolute atomic E-state index is 0.0951.